The van der Waals surface area contributed by atoms with Crippen molar-refractivity contribution in [1.29, 1.82) is 0 Å². The number of ether oxygens (including phenoxy) is 2. The first kappa shape index (κ1) is 17.3. The van der Waals surface area contributed by atoms with Gasteiger partial charge in [0.25, 0.3) is 5.91 Å². The highest BCUT2D eigenvalue weighted by atomic mass is 16.5. The van der Waals surface area contributed by atoms with Gasteiger partial charge in [0.05, 0.1) is 0 Å². The van der Waals surface area contributed by atoms with E-state index in [9.17, 15) is 4.79 Å². The Morgan fingerprint density at radius 1 is 1.04 bits per heavy atom. The Morgan fingerprint density at radius 3 is 2.40 bits per heavy atom. The lowest BCUT2D eigenvalue weighted by Gasteiger charge is -2.17. The lowest BCUT2D eigenvalue weighted by molar-refractivity contribution is -0.132. The predicted octanol–water partition coefficient (Wildman–Crippen LogP) is 2.45. The molecule has 1 aliphatic heterocycles. The number of likely N-dealkylation sites (tertiary alicyclic amines) is 1. The molecule has 25 heavy (non-hydrogen) atoms. The highest BCUT2D eigenvalue weighted by molar-refractivity contribution is 5.78. The van der Waals surface area contributed by atoms with Gasteiger partial charge in [-0.15, -0.1) is 0 Å². The van der Waals surface area contributed by atoms with E-state index in [1.807, 2.05) is 59.5 Å². The topological polar surface area (TPSA) is 64.8 Å². The SMILES string of the molecule is NC[C@@H]1CCN(C(=O)COc2ccccc2OCc2ccccc2)C1. The lowest BCUT2D eigenvalue weighted by Crippen LogP contribution is -2.33. The van der Waals surface area contributed by atoms with Gasteiger partial charge in [0.15, 0.2) is 18.1 Å². The Hall–Kier alpha value is -2.53. The van der Waals surface area contributed by atoms with Crippen molar-refractivity contribution < 1.29 is 14.3 Å². The zero-order valence-corrected chi connectivity index (χ0v) is 14.3. The highest BCUT2D eigenvalue weighted by Crippen LogP contribution is 2.27. The number of carbonyl (C=O) groups excluding carboxylic acids is 1. The fourth-order valence-electron chi connectivity index (χ4n) is 2.91. The summed E-state index contributed by atoms with van der Waals surface area (Å²) >= 11 is 0. The van der Waals surface area contributed by atoms with Gasteiger partial charge >= 0.3 is 0 Å². The van der Waals surface area contributed by atoms with Gasteiger partial charge in [-0.2, -0.15) is 0 Å². The molecule has 0 aromatic heterocycles. The Labute approximate surface area is 148 Å². The third kappa shape index (κ3) is 4.73. The number of hydrogen-bond donors (Lipinski definition) is 1. The van der Waals surface area contributed by atoms with Crippen LogP contribution in [0.3, 0.4) is 0 Å². The van der Waals surface area contributed by atoms with Crippen molar-refractivity contribution in [3.63, 3.8) is 0 Å². The normalized spacial score (nSPS) is 16.7. The number of amides is 1. The molecule has 0 radical (unpaired) electrons. The maximum atomic E-state index is 12.3. The summed E-state index contributed by atoms with van der Waals surface area (Å²) in [7, 11) is 0. The van der Waals surface area contributed by atoms with Crippen LogP contribution >= 0.6 is 0 Å². The van der Waals surface area contributed by atoms with Gasteiger partial charge in [-0.3, -0.25) is 4.79 Å². The molecule has 1 atom stereocenters. The van der Waals surface area contributed by atoms with Crippen molar-refractivity contribution in [3.8, 4) is 11.5 Å². The molecule has 0 spiro atoms. The fourth-order valence-corrected chi connectivity index (χ4v) is 2.91. The smallest absolute Gasteiger partial charge is 0.260 e. The molecule has 1 fully saturated rings. The van der Waals surface area contributed by atoms with Crippen LogP contribution in [0.15, 0.2) is 54.6 Å². The molecule has 1 heterocycles. The van der Waals surface area contributed by atoms with Gasteiger partial charge in [0, 0.05) is 13.1 Å². The summed E-state index contributed by atoms with van der Waals surface area (Å²) in [4.78, 5) is 14.1. The van der Waals surface area contributed by atoms with E-state index in [2.05, 4.69) is 0 Å². The van der Waals surface area contributed by atoms with Crippen molar-refractivity contribution in [1.82, 2.24) is 4.90 Å². The Morgan fingerprint density at radius 2 is 1.72 bits per heavy atom. The van der Waals surface area contributed by atoms with Gasteiger partial charge in [-0.25, -0.2) is 0 Å². The summed E-state index contributed by atoms with van der Waals surface area (Å²) in [5.41, 5.74) is 6.76. The molecule has 0 bridgehead atoms. The predicted molar refractivity (Wildman–Crippen MR) is 96.5 cm³/mol. The standard InChI is InChI=1S/C20H24N2O3/c21-12-17-10-11-22(13-17)20(23)15-25-19-9-5-4-8-18(19)24-14-16-6-2-1-3-7-16/h1-9,17H,10-15,21H2/t17-/m0/s1. The third-order valence-electron chi connectivity index (χ3n) is 4.41. The van der Waals surface area contributed by atoms with Crippen LogP contribution in [0, 0.1) is 5.92 Å². The maximum Gasteiger partial charge on any atom is 0.260 e. The van der Waals surface area contributed by atoms with Gasteiger partial charge in [0.1, 0.15) is 6.61 Å². The Balaban J connectivity index is 1.55. The number of nitrogens with two attached hydrogens (primary N) is 1. The molecule has 0 aliphatic carbocycles. The number of hydrogen-bond acceptors (Lipinski definition) is 4. The molecule has 1 saturated heterocycles. The van der Waals surface area contributed by atoms with Crippen molar-refractivity contribution in [2.24, 2.45) is 11.7 Å². The molecular formula is C20H24N2O3. The van der Waals surface area contributed by atoms with Crippen molar-refractivity contribution in [3.05, 3.63) is 60.2 Å². The second kappa shape index (κ2) is 8.53. The minimum Gasteiger partial charge on any atom is -0.485 e. The monoisotopic (exact) mass is 340 g/mol. The molecule has 1 aliphatic rings. The fraction of sp³-hybridized carbons (Fsp3) is 0.350. The summed E-state index contributed by atoms with van der Waals surface area (Å²) in [5.74, 6) is 1.63. The minimum absolute atomic E-state index is 0.00573. The quantitative estimate of drug-likeness (QED) is 0.841. The zero-order chi connectivity index (χ0) is 17.5. The summed E-state index contributed by atoms with van der Waals surface area (Å²) in [5, 5.41) is 0. The lowest BCUT2D eigenvalue weighted by atomic mass is 10.1. The Bertz CT molecular complexity index is 690. The number of benzene rings is 2. The molecule has 2 aromatic rings. The summed E-state index contributed by atoms with van der Waals surface area (Å²) in [6.07, 6.45) is 0.971. The van der Waals surface area contributed by atoms with E-state index in [-0.39, 0.29) is 12.5 Å². The largest absolute Gasteiger partial charge is 0.485 e. The van der Waals surface area contributed by atoms with E-state index in [0.717, 1.165) is 25.1 Å². The third-order valence-corrected chi connectivity index (χ3v) is 4.41. The van der Waals surface area contributed by atoms with Gasteiger partial charge in [-0.1, -0.05) is 42.5 Å². The molecule has 2 aromatic carbocycles. The van der Waals surface area contributed by atoms with Crippen LogP contribution in [-0.2, 0) is 11.4 Å². The van der Waals surface area contributed by atoms with Gasteiger partial charge < -0.3 is 20.1 Å². The van der Waals surface area contributed by atoms with E-state index in [4.69, 9.17) is 15.2 Å². The van der Waals surface area contributed by atoms with Crippen molar-refractivity contribution in [2.75, 3.05) is 26.2 Å². The molecule has 0 saturated carbocycles. The van der Waals surface area contributed by atoms with E-state index in [1.54, 1.807) is 0 Å². The molecule has 132 valence electrons. The van der Waals surface area contributed by atoms with Gasteiger partial charge in [0.2, 0.25) is 0 Å². The van der Waals surface area contributed by atoms with Crippen LogP contribution in [0.5, 0.6) is 11.5 Å². The molecule has 3 rings (SSSR count). The molecule has 0 unspecified atom stereocenters. The summed E-state index contributed by atoms with van der Waals surface area (Å²) in [6, 6.07) is 17.4. The first-order valence-electron chi connectivity index (χ1n) is 8.62. The van der Waals surface area contributed by atoms with Crippen LogP contribution in [-0.4, -0.2) is 37.0 Å². The van der Waals surface area contributed by atoms with Crippen LogP contribution < -0.4 is 15.2 Å². The molecule has 5 nitrogen and oxygen atoms in total. The summed E-state index contributed by atoms with van der Waals surface area (Å²) in [6.45, 7) is 2.59. The molecule has 2 N–H and O–H groups in total. The zero-order valence-electron chi connectivity index (χ0n) is 14.3. The maximum absolute atomic E-state index is 12.3. The van der Waals surface area contributed by atoms with Crippen LogP contribution in [0.2, 0.25) is 0 Å². The second-order valence-electron chi connectivity index (χ2n) is 6.24. The molecular weight excluding hydrogens is 316 g/mol. The van der Waals surface area contributed by atoms with Crippen molar-refractivity contribution in [2.45, 2.75) is 13.0 Å². The highest BCUT2D eigenvalue weighted by Gasteiger charge is 2.25. The van der Waals surface area contributed by atoms with Crippen LogP contribution in [0.25, 0.3) is 0 Å². The number of para-hydroxylation sites is 2. The number of rotatable bonds is 7. The number of nitrogens with zero attached hydrogens (tertiary/aromatic N) is 1. The summed E-state index contributed by atoms with van der Waals surface area (Å²) < 4.78 is 11.6. The van der Waals surface area contributed by atoms with E-state index >= 15 is 0 Å². The molecule has 5 heteroatoms. The van der Waals surface area contributed by atoms with Crippen LogP contribution in [0.4, 0.5) is 0 Å². The van der Waals surface area contributed by atoms with E-state index < -0.39 is 0 Å². The first-order chi connectivity index (χ1) is 12.3. The van der Waals surface area contributed by atoms with E-state index in [0.29, 0.717) is 30.6 Å². The van der Waals surface area contributed by atoms with E-state index in [1.165, 1.54) is 0 Å². The second-order valence-corrected chi connectivity index (χ2v) is 6.24. The number of carbonyl (C=O) groups is 1. The van der Waals surface area contributed by atoms with Crippen LogP contribution in [0.1, 0.15) is 12.0 Å². The van der Waals surface area contributed by atoms with Gasteiger partial charge in [-0.05, 0) is 36.6 Å². The Kier molecular flexibility index (Phi) is 5.90. The average Bonchev–Trinajstić information content (AvgIpc) is 3.15. The first-order valence-corrected chi connectivity index (χ1v) is 8.62. The minimum atomic E-state index is -0.00573. The van der Waals surface area contributed by atoms with Crippen molar-refractivity contribution >= 4 is 5.91 Å². The molecule has 1 amide bonds. The average molecular weight is 340 g/mol.